The number of piperazine rings is 2. The maximum atomic E-state index is 13.9. The minimum atomic E-state index is -0.170. The van der Waals surface area contributed by atoms with Crippen LogP contribution >= 0.6 is 0 Å². The number of hydrogen-bond donors (Lipinski definition) is 0. The summed E-state index contributed by atoms with van der Waals surface area (Å²) in [4.78, 5) is 21.3. The second-order valence-corrected chi connectivity index (χ2v) is 7.39. The van der Waals surface area contributed by atoms with Crippen LogP contribution in [0.1, 0.15) is 20.3 Å². The van der Waals surface area contributed by atoms with E-state index >= 15 is 0 Å². The topological polar surface area (TPSA) is 30.0 Å². The summed E-state index contributed by atoms with van der Waals surface area (Å²) in [6.45, 7) is 11.7. The molecule has 0 aliphatic carbocycles. The van der Waals surface area contributed by atoms with Crippen molar-refractivity contribution in [1.82, 2.24) is 14.7 Å². The molecule has 144 valence electrons. The Bertz CT molecular complexity index is 595. The molecular formula is C20H31FN4O. The number of rotatable bonds is 5. The molecule has 5 nitrogen and oxygen atoms in total. The SMILES string of the molecule is CCC(C)N1CCN(C(=O)CN2CCN(c3ccccc3F)CC2)CC1. The fourth-order valence-electron chi connectivity index (χ4n) is 3.82. The normalized spacial score (nSPS) is 21.0. The monoisotopic (exact) mass is 362 g/mol. The van der Waals surface area contributed by atoms with Crippen molar-refractivity contribution in [3.8, 4) is 0 Å². The van der Waals surface area contributed by atoms with Gasteiger partial charge in [-0.2, -0.15) is 0 Å². The number of anilines is 1. The molecule has 2 fully saturated rings. The van der Waals surface area contributed by atoms with Gasteiger partial charge in [0.1, 0.15) is 5.82 Å². The first kappa shape index (κ1) is 19.1. The van der Waals surface area contributed by atoms with Gasteiger partial charge in [-0.3, -0.25) is 14.6 Å². The first-order valence-electron chi connectivity index (χ1n) is 9.82. The van der Waals surface area contributed by atoms with E-state index in [2.05, 4.69) is 28.5 Å². The van der Waals surface area contributed by atoms with Gasteiger partial charge in [0.05, 0.1) is 12.2 Å². The molecule has 1 atom stereocenters. The van der Waals surface area contributed by atoms with E-state index in [1.807, 2.05) is 17.0 Å². The molecular weight excluding hydrogens is 331 g/mol. The van der Waals surface area contributed by atoms with Gasteiger partial charge in [-0.15, -0.1) is 0 Å². The zero-order chi connectivity index (χ0) is 18.5. The number of benzene rings is 1. The molecule has 1 unspecified atom stereocenters. The maximum absolute atomic E-state index is 13.9. The second-order valence-electron chi connectivity index (χ2n) is 7.39. The van der Waals surface area contributed by atoms with E-state index in [-0.39, 0.29) is 11.7 Å². The van der Waals surface area contributed by atoms with Crippen LogP contribution in [-0.4, -0.2) is 85.6 Å². The lowest BCUT2D eigenvalue weighted by molar-refractivity contribution is -0.134. The van der Waals surface area contributed by atoms with Crippen LogP contribution in [0.15, 0.2) is 24.3 Å². The van der Waals surface area contributed by atoms with Gasteiger partial charge >= 0.3 is 0 Å². The second kappa shape index (κ2) is 8.82. The van der Waals surface area contributed by atoms with Crippen molar-refractivity contribution < 1.29 is 9.18 Å². The molecule has 2 heterocycles. The summed E-state index contributed by atoms with van der Waals surface area (Å²) in [6.07, 6.45) is 1.15. The number of carbonyl (C=O) groups excluding carboxylic acids is 1. The molecule has 0 N–H and O–H groups in total. The molecule has 0 saturated carbocycles. The van der Waals surface area contributed by atoms with Crippen LogP contribution < -0.4 is 4.90 Å². The average Bonchev–Trinajstić information content (AvgIpc) is 2.68. The van der Waals surface area contributed by atoms with Crippen LogP contribution in [0.3, 0.4) is 0 Å². The van der Waals surface area contributed by atoms with Gasteiger partial charge in [-0.1, -0.05) is 19.1 Å². The Kier molecular flexibility index (Phi) is 6.48. The third-order valence-corrected chi connectivity index (χ3v) is 5.81. The lowest BCUT2D eigenvalue weighted by Crippen LogP contribution is -2.55. The standard InChI is InChI=1S/C20H31FN4O/c1-3-17(2)23-12-14-25(15-13-23)20(26)16-22-8-10-24(11-9-22)19-7-5-4-6-18(19)21/h4-7,17H,3,8-16H2,1-2H3. The molecule has 0 spiro atoms. The van der Waals surface area contributed by atoms with Crippen molar-refractivity contribution in [3.05, 3.63) is 30.1 Å². The molecule has 3 rings (SSSR count). The van der Waals surface area contributed by atoms with Crippen LogP contribution in [0.25, 0.3) is 0 Å². The van der Waals surface area contributed by atoms with Gasteiger partial charge in [-0.05, 0) is 25.5 Å². The Balaban J connectivity index is 1.43. The van der Waals surface area contributed by atoms with Crippen molar-refractivity contribution in [2.75, 3.05) is 63.8 Å². The summed E-state index contributed by atoms with van der Waals surface area (Å²) in [5.74, 6) is 0.0596. The number of amides is 1. The van der Waals surface area contributed by atoms with Gasteiger partial charge in [0.25, 0.3) is 0 Å². The minimum absolute atomic E-state index is 0.170. The quantitative estimate of drug-likeness (QED) is 0.800. The van der Waals surface area contributed by atoms with Crippen LogP contribution in [0.4, 0.5) is 10.1 Å². The van der Waals surface area contributed by atoms with E-state index in [9.17, 15) is 9.18 Å². The number of para-hydroxylation sites is 1. The molecule has 2 saturated heterocycles. The van der Waals surface area contributed by atoms with Crippen LogP contribution in [0.5, 0.6) is 0 Å². The fourth-order valence-corrected chi connectivity index (χ4v) is 3.82. The smallest absolute Gasteiger partial charge is 0.236 e. The lowest BCUT2D eigenvalue weighted by Gasteiger charge is -2.40. The van der Waals surface area contributed by atoms with E-state index in [0.717, 1.165) is 58.8 Å². The number of carbonyl (C=O) groups is 1. The highest BCUT2D eigenvalue weighted by Gasteiger charge is 2.26. The third-order valence-electron chi connectivity index (χ3n) is 5.81. The Hall–Kier alpha value is -1.66. The highest BCUT2D eigenvalue weighted by Crippen LogP contribution is 2.20. The highest BCUT2D eigenvalue weighted by atomic mass is 19.1. The van der Waals surface area contributed by atoms with Crippen molar-refractivity contribution in [2.45, 2.75) is 26.3 Å². The summed E-state index contributed by atoms with van der Waals surface area (Å²) < 4.78 is 13.9. The summed E-state index contributed by atoms with van der Waals surface area (Å²) >= 11 is 0. The Morgan fingerprint density at radius 2 is 1.69 bits per heavy atom. The van der Waals surface area contributed by atoms with Gasteiger partial charge < -0.3 is 9.80 Å². The van der Waals surface area contributed by atoms with Crippen LogP contribution in [0.2, 0.25) is 0 Å². The zero-order valence-electron chi connectivity index (χ0n) is 16.0. The summed E-state index contributed by atoms with van der Waals surface area (Å²) in [6, 6.07) is 7.51. The van der Waals surface area contributed by atoms with E-state index in [1.54, 1.807) is 6.07 Å². The summed E-state index contributed by atoms with van der Waals surface area (Å²) in [5.41, 5.74) is 0.666. The Morgan fingerprint density at radius 3 is 2.31 bits per heavy atom. The summed E-state index contributed by atoms with van der Waals surface area (Å²) in [5, 5.41) is 0. The van der Waals surface area contributed by atoms with Crippen LogP contribution in [-0.2, 0) is 4.79 Å². The zero-order valence-corrected chi connectivity index (χ0v) is 16.0. The minimum Gasteiger partial charge on any atom is -0.367 e. The predicted octanol–water partition coefficient (Wildman–Crippen LogP) is 1.89. The van der Waals surface area contributed by atoms with Gasteiger partial charge in [0, 0.05) is 58.4 Å². The molecule has 0 aromatic heterocycles. The van der Waals surface area contributed by atoms with Crippen molar-refractivity contribution in [1.29, 1.82) is 0 Å². The molecule has 1 amide bonds. The first-order valence-corrected chi connectivity index (χ1v) is 9.82. The van der Waals surface area contributed by atoms with Gasteiger partial charge in [-0.25, -0.2) is 4.39 Å². The lowest BCUT2D eigenvalue weighted by atomic mass is 10.2. The van der Waals surface area contributed by atoms with Gasteiger partial charge in [0.15, 0.2) is 0 Å². The highest BCUT2D eigenvalue weighted by molar-refractivity contribution is 5.78. The first-order chi connectivity index (χ1) is 12.6. The molecule has 2 aliphatic heterocycles. The van der Waals surface area contributed by atoms with E-state index < -0.39 is 0 Å². The molecule has 6 heteroatoms. The average molecular weight is 362 g/mol. The van der Waals surface area contributed by atoms with E-state index in [1.165, 1.54) is 6.07 Å². The molecule has 1 aromatic rings. The molecule has 1 aromatic carbocycles. The molecule has 26 heavy (non-hydrogen) atoms. The van der Waals surface area contributed by atoms with Crippen molar-refractivity contribution in [3.63, 3.8) is 0 Å². The largest absolute Gasteiger partial charge is 0.367 e. The Morgan fingerprint density at radius 1 is 1.04 bits per heavy atom. The van der Waals surface area contributed by atoms with E-state index in [4.69, 9.17) is 0 Å². The maximum Gasteiger partial charge on any atom is 0.236 e. The Labute approximate surface area is 156 Å². The molecule has 0 bridgehead atoms. The van der Waals surface area contributed by atoms with Crippen molar-refractivity contribution in [2.24, 2.45) is 0 Å². The third kappa shape index (κ3) is 4.54. The van der Waals surface area contributed by atoms with Crippen molar-refractivity contribution >= 4 is 11.6 Å². The number of halogens is 1. The predicted molar refractivity (Wildman–Crippen MR) is 103 cm³/mol. The van der Waals surface area contributed by atoms with E-state index in [0.29, 0.717) is 18.3 Å². The van der Waals surface area contributed by atoms with Gasteiger partial charge in [0.2, 0.25) is 5.91 Å². The number of nitrogens with zero attached hydrogens (tertiary/aromatic N) is 4. The molecule has 0 radical (unpaired) electrons. The number of hydrogen-bond acceptors (Lipinski definition) is 4. The molecule has 2 aliphatic rings. The van der Waals surface area contributed by atoms with Crippen LogP contribution in [0, 0.1) is 5.82 Å². The fraction of sp³-hybridized carbons (Fsp3) is 0.650. The summed E-state index contributed by atoms with van der Waals surface area (Å²) in [7, 11) is 0.